The number of benzene rings is 1. The van der Waals surface area contributed by atoms with Gasteiger partial charge in [0.2, 0.25) is 5.91 Å². The predicted molar refractivity (Wildman–Crippen MR) is 113 cm³/mol. The first-order valence-electron chi connectivity index (χ1n) is 9.38. The Morgan fingerprint density at radius 3 is 2.77 bits per heavy atom. The smallest absolute Gasteiger partial charge is 0.267 e. The molecule has 0 radical (unpaired) electrons. The van der Waals surface area contributed by atoms with E-state index >= 15 is 0 Å². The Morgan fingerprint density at radius 1 is 1.13 bits per heavy atom. The van der Waals surface area contributed by atoms with Gasteiger partial charge in [-0.3, -0.25) is 9.59 Å². The van der Waals surface area contributed by atoms with E-state index in [1.54, 1.807) is 30.0 Å². The molecule has 1 aliphatic heterocycles. The van der Waals surface area contributed by atoms with E-state index in [1.165, 1.54) is 12.3 Å². The zero-order valence-corrected chi connectivity index (χ0v) is 16.6. The predicted octanol–water partition coefficient (Wildman–Crippen LogP) is 3.11. The summed E-state index contributed by atoms with van der Waals surface area (Å²) in [4.78, 5) is 29.1. The number of nitrogens with one attached hydrogen (secondary N) is 1. The molecule has 0 bridgehead atoms. The van der Waals surface area contributed by atoms with Crippen LogP contribution in [0, 0.1) is 0 Å². The number of hydrogen-bond donors (Lipinski definition) is 1. The van der Waals surface area contributed by atoms with Gasteiger partial charge < -0.3 is 14.3 Å². The van der Waals surface area contributed by atoms with Crippen molar-refractivity contribution < 1.29 is 9.21 Å². The SMILES string of the molecule is O=C(Cn1nc(-c2ccco2)ccc1=O)Nc1ccc(-c2cn3c(n2)SCC3)cc1. The van der Waals surface area contributed by atoms with Crippen molar-refractivity contribution in [1.29, 1.82) is 0 Å². The molecule has 1 amide bonds. The normalized spacial score (nSPS) is 12.7. The molecule has 150 valence electrons. The third-order valence-corrected chi connectivity index (χ3v) is 5.67. The maximum atomic E-state index is 12.4. The van der Waals surface area contributed by atoms with Crippen LogP contribution < -0.4 is 10.9 Å². The second kappa shape index (κ2) is 7.68. The lowest BCUT2D eigenvalue weighted by atomic mass is 10.1. The summed E-state index contributed by atoms with van der Waals surface area (Å²) in [7, 11) is 0. The minimum Gasteiger partial charge on any atom is -0.463 e. The Bertz CT molecular complexity index is 1240. The number of furan rings is 1. The molecular formula is C21H17N5O3S. The Morgan fingerprint density at radius 2 is 2.00 bits per heavy atom. The fraction of sp³-hybridized carbons (Fsp3) is 0.143. The first-order chi connectivity index (χ1) is 14.7. The highest BCUT2D eigenvalue weighted by Gasteiger charge is 2.15. The molecule has 1 aliphatic rings. The van der Waals surface area contributed by atoms with E-state index in [4.69, 9.17) is 4.42 Å². The van der Waals surface area contributed by atoms with E-state index in [0.29, 0.717) is 17.1 Å². The number of thioether (sulfide) groups is 1. The summed E-state index contributed by atoms with van der Waals surface area (Å²) in [5.41, 5.74) is 2.67. The van der Waals surface area contributed by atoms with Crippen LogP contribution in [0.15, 0.2) is 75.4 Å². The molecule has 0 atom stereocenters. The second-order valence-electron chi connectivity index (χ2n) is 6.77. The lowest BCUT2D eigenvalue weighted by Gasteiger charge is -2.08. The molecular weight excluding hydrogens is 402 g/mol. The van der Waals surface area contributed by atoms with Gasteiger partial charge in [0.1, 0.15) is 12.2 Å². The van der Waals surface area contributed by atoms with Gasteiger partial charge in [0.05, 0.1) is 12.0 Å². The highest BCUT2D eigenvalue weighted by atomic mass is 32.2. The van der Waals surface area contributed by atoms with Crippen LogP contribution in [0.25, 0.3) is 22.7 Å². The zero-order chi connectivity index (χ0) is 20.5. The van der Waals surface area contributed by atoms with E-state index in [0.717, 1.165) is 33.4 Å². The standard InChI is InChI=1S/C21H17N5O3S/c27-19(13-26-20(28)8-7-16(24-26)18-2-1-10-29-18)22-15-5-3-14(4-6-15)17-12-25-9-11-30-21(25)23-17/h1-8,10,12H,9,11,13H2,(H,22,27). The van der Waals surface area contributed by atoms with Crippen molar-refractivity contribution in [3.63, 3.8) is 0 Å². The number of rotatable bonds is 5. The number of aromatic nitrogens is 4. The minimum atomic E-state index is -0.360. The van der Waals surface area contributed by atoms with E-state index in [1.807, 2.05) is 30.5 Å². The molecule has 9 heteroatoms. The number of imidazole rings is 1. The highest BCUT2D eigenvalue weighted by molar-refractivity contribution is 7.99. The molecule has 0 saturated heterocycles. The number of hydrogen-bond acceptors (Lipinski definition) is 6. The Labute approximate surface area is 175 Å². The molecule has 4 heterocycles. The molecule has 4 aromatic rings. The first-order valence-corrected chi connectivity index (χ1v) is 10.4. The van der Waals surface area contributed by atoms with Crippen molar-refractivity contribution in [2.24, 2.45) is 0 Å². The highest BCUT2D eigenvalue weighted by Crippen LogP contribution is 2.29. The lowest BCUT2D eigenvalue weighted by molar-refractivity contribution is -0.117. The summed E-state index contributed by atoms with van der Waals surface area (Å²) in [5, 5.41) is 8.05. The maximum Gasteiger partial charge on any atom is 0.267 e. The number of fused-ring (bicyclic) bond motifs is 1. The average molecular weight is 419 g/mol. The molecule has 0 aliphatic carbocycles. The molecule has 1 aromatic carbocycles. The third-order valence-electron chi connectivity index (χ3n) is 4.70. The van der Waals surface area contributed by atoms with Crippen molar-refractivity contribution in [3.05, 3.63) is 71.3 Å². The number of amides is 1. The molecule has 0 unspecified atom stereocenters. The fourth-order valence-electron chi connectivity index (χ4n) is 3.23. The van der Waals surface area contributed by atoms with E-state index < -0.39 is 0 Å². The summed E-state index contributed by atoms with van der Waals surface area (Å²) < 4.78 is 8.56. The number of aryl methyl sites for hydroxylation is 1. The van der Waals surface area contributed by atoms with Gasteiger partial charge in [-0.1, -0.05) is 23.9 Å². The van der Waals surface area contributed by atoms with Gasteiger partial charge in [0.15, 0.2) is 10.9 Å². The fourth-order valence-corrected chi connectivity index (χ4v) is 4.17. The van der Waals surface area contributed by atoms with E-state index in [9.17, 15) is 9.59 Å². The van der Waals surface area contributed by atoms with Gasteiger partial charge in [0, 0.05) is 35.8 Å². The van der Waals surface area contributed by atoms with Gasteiger partial charge >= 0.3 is 0 Å². The van der Waals surface area contributed by atoms with Crippen molar-refractivity contribution in [1.82, 2.24) is 19.3 Å². The van der Waals surface area contributed by atoms with Gasteiger partial charge in [-0.15, -0.1) is 0 Å². The molecule has 3 aromatic heterocycles. The van der Waals surface area contributed by atoms with Gasteiger partial charge in [-0.25, -0.2) is 9.67 Å². The van der Waals surface area contributed by atoms with Crippen molar-refractivity contribution in [3.8, 4) is 22.7 Å². The topological polar surface area (TPSA) is 95.0 Å². The Balaban J connectivity index is 1.27. The van der Waals surface area contributed by atoms with Crippen molar-refractivity contribution in [2.75, 3.05) is 11.1 Å². The molecule has 30 heavy (non-hydrogen) atoms. The van der Waals surface area contributed by atoms with Crippen LogP contribution in [0.1, 0.15) is 0 Å². The summed E-state index contributed by atoms with van der Waals surface area (Å²) in [6.07, 6.45) is 3.58. The minimum absolute atomic E-state index is 0.194. The monoisotopic (exact) mass is 419 g/mol. The Kier molecular flexibility index (Phi) is 4.72. The average Bonchev–Trinajstić information content (AvgIpc) is 3.48. The van der Waals surface area contributed by atoms with Gasteiger partial charge in [-0.05, 0) is 30.3 Å². The summed E-state index contributed by atoms with van der Waals surface area (Å²) in [6, 6.07) is 13.9. The molecule has 1 N–H and O–H groups in total. The van der Waals surface area contributed by atoms with Crippen molar-refractivity contribution >= 4 is 23.4 Å². The number of carbonyl (C=O) groups excluding carboxylic acids is 1. The van der Waals surface area contributed by atoms with Crippen LogP contribution >= 0.6 is 11.8 Å². The van der Waals surface area contributed by atoms with E-state index in [2.05, 4.69) is 20.0 Å². The zero-order valence-electron chi connectivity index (χ0n) is 15.8. The quantitative estimate of drug-likeness (QED) is 0.534. The number of nitrogens with zero attached hydrogens (tertiary/aromatic N) is 4. The van der Waals surface area contributed by atoms with Crippen LogP contribution in [0.3, 0.4) is 0 Å². The summed E-state index contributed by atoms with van der Waals surface area (Å²) in [6.45, 7) is 0.787. The number of carbonyl (C=O) groups is 1. The van der Waals surface area contributed by atoms with Crippen LogP contribution in [-0.2, 0) is 17.9 Å². The molecule has 5 rings (SSSR count). The van der Waals surface area contributed by atoms with Gasteiger partial charge in [0.25, 0.3) is 5.56 Å². The molecule has 0 spiro atoms. The van der Waals surface area contributed by atoms with E-state index in [-0.39, 0.29) is 18.0 Å². The largest absolute Gasteiger partial charge is 0.463 e. The van der Waals surface area contributed by atoms with Crippen LogP contribution in [0.5, 0.6) is 0 Å². The third kappa shape index (κ3) is 3.67. The lowest BCUT2D eigenvalue weighted by Crippen LogP contribution is -2.29. The maximum absolute atomic E-state index is 12.4. The van der Waals surface area contributed by atoms with Crippen LogP contribution in [-0.4, -0.2) is 31.0 Å². The first kappa shape index (κ1) is 18.4. The van der Waals surface area contributed by atoms with Crippen molar-refractivity contribution in [2.45, 2.75) is 18.2 Å². The molecule has 8 nitrogen and oxygen atoms in total. The van der Waals surface area contributed by atoms with Crippen LogP contribution in [0.4, 0.5) is 5.69 Å². The van der Waals surface area contributed by atoms with Crippen LogP contribution in [0.2, 0.25) is 0 Å². The molecule has 0 saturated carbocycles. The summed E-state index contributed by atoms with van der Waals surface area (Å²) in [5.74, 6) is 1.25. The summed E-state index contributed by atoms with van der Waals surface area (Å²) >= 11 is 1.75. The molecule has 0 fully saturated rings. The Hall–Kier alpha value is -3.59. The second-order valence-corrected chi connectivity index (χ2v) is 7.83. The number of anilines is 1. The van der Waals surface area contributed by atoms with Gasteiger partial charge in [-0.2, -0.15) is 5.10 Å².